The summed E-state index contributed by atoms with van der Waals surface area (Å²) in [5, 5.41) is 22.4. The molecule has 2 aromatic rings. The Hall–Kier alpha value is -2.21. The highest BCUT2D eigenvalue weighted by Gasteiger charge is 2.15. The van der Waals surface area contributed by atoms with Crippen LogP contribution in [0.1, 0.15) is 12.5 Å². The van der Waals surface area contributed by atoms with Crippen molar-refractivity contribution in [3.05, 3.63) is 36.4 Å². The van der Waals surface area contributed by atoms with E-state index in [1.165, 1.54) is 0 Å². The highest BCUT2D eigenvalue weighted by Crippen LogP contribution is 2.39. The molecule has 6 heteroatoms. The Morgan fingerprint density at radius 2 is 2.29 bits per heavy atom. The minimum absolute atomic E-state index is 0.105. The van der Waals surface area contributed by atoms with Gasteiger partial charge in [0.2, 0.25) is 11.0 Å². The number of aromatic hydroxyl groups is 1. The quantitative estimate of drug-likeness (QED) is 0.513. The molecule has 0 unspecified atom stereocenters. The largest absolute Gasteiger partial charge is 0.493 e. The number of nitrogens with one attached hydrogen (secondary N) is 1. The third-order valence-corrected chi connectivity index (χ3v) is 3.35. The lowest BCUT2D eigenvalue weighted by Crippen LogP contribution is -2.18. The summed E-state index contributed by atoms with van der Waals surface area (Å²) < 4.78 is 1.79. The van der Waals surface area contributed by atoms with Crippen LogP contribution in [0.2, 0.25) is 0 Å². The monoisotopic (exact) mass is 302 g/mol. The normalized spacial score (nSPS) is 11.1. The van der Waals surface area contributed by atoms with Crippen LogP contribution in [-0.2, 0) is 6.54 Å². The highest BCUT2D eigenvalue weighted by atomic mass is 32.1. The van der Waals surface area contributed by atoms with Gasteiger partial charge in [-0.1, -0.05) is 17.7 Å². The maximum atomic E-state index is 10.3. The number of hydrogen-bond donors (Lipinski definition) is 2. The number of aryl methyl sites for hydroxylation is 2. The maximum absolute atomic E-state index is 10.3. The topological polar surface area (TPSA) is 61.9 Å². The average Bonchev–Trinajstić information content (AvgIpc) is 2.73. The Labute approximate surface area is 129 Å². The van der Waals surface area contributed by atoms with E-state index in [0.29, 0.717) is 18.8 Å². The fourth-order valence-corrected chi connectivity index (χ4v) is 2.27. The summed E-state index contributed by atoms with van der Waals surface area (Å²) >= 11 is 5.04. The molecule has 110 valence electrons. The summed E-state index contributed by atoms with van der Waals surface area (Å²) in [6.45, 7) is 8.74. The molecule has 2 rings (SSSR count). The molecule has 0 saturated carbocycles. The number of azo groups is 1. The van der Waals surface area contributed by atoms with Gasteiger partial charge in [-0.15, -0.1) is 16.8 Å². The van der Waals surface area contributed by atoms with Crippen molar-refractivity contribution in [2.24, 2.45) is 10.2 Å². The summed E-state index contributed by atoms with van der Waals surface area (Å²) in [5.74, 6) is 0.105. The van der Waals surface area contributed by atoms with Gasteiger partial charge in [0.05, 0.1) is 5.52 Å². The van der Waals surface area contributed by atoms with E-state index in [1.807, 2.05) is 32.0 Å². The van der Waals surface area contributed by atoms with Gasteiger partial charge in [0, 0.05) is 18.5 Å². The molecule has 0 aliphatic carbocycles. The molecular formula is C15H18N4OS. The fourth-order valence-electron chi connectivity index (χ4n) is 2.15. The second-order valence-corrected chi connectivity index (χ2v) is 5.00. The summed E-state index contributed by atoms with van der Waals surface area (Å²) in [5.41, 5.74) is 2.47. The molecule has 0 amide bonds. The Morgan fingerprint density at radius 1 is 1.52 bits per heavy atom. The molecule has 2 N–H and O–H groups in total. The van der Waals surface area contributed by atoms with Crippen LogP contribution in [0.5, 0.6) is 5.88 Å². The first-order valence-corrected chi connectivity index (χ1v) is 7.11. The number of hydrogen-bond acceptors (Lipinski definition) is 3. The standard InChI is InChI=1S/C15H18N4OS/c1-4-8-16-15(21)18-17-13-11-9-10(3)6-7-12(11)19(5-2)14(13)20/h4,6-7,9,20H,1,5,8H2,2-3H3,(H,16,21). The Morgan fingerprint density at radius 3 is 2.95 bits per heavy atom. The van der Waals surface area contributed by atoms with E-state index in [2.05, 4.69) is 22.1 Å². The second kappa shape index (κ2) is 6.49. The molecule has 21 heavy (non-hydrogen) atoms. The number of benzene rings is 1. The summed E-state index contributed by atoms with van der Waals surface area (Å²) in [4.78, 5) is 0. The lowest BCUT2D eigenvalue weighted by atomic mass is 10.1. The number of aromatic nitrogens is 1. The molecule has 5 nitrogen and oxygen atoms in total. The van der Waals surface area contributed by atoms with Gasteiger partial charge in [0.25, 0.3) is 0 Å². The van der Waals surface area contributed by atoms with Gasteiger partial charge in [-0.2, -0.15) is 0 Å². The molecule has 0 bridgehead atoms. The van der Waals surface area contributed by atoms with Crippen molar-refractivity contribution in [3.8, 4) is 5.88 Å². The minimum atomic E-state index is 0.105. The molecule has 0 atom stereocenters. The van der Waals surface area contributed by atoms with E-state index in [1.54, 1.807) is 10.6 Å². The summed E-state index contributed by atoms with van der Waals surface area (Å²) in [6, 6.07) is 5.96. The van der Waals surface area contributed by atoms with Crippen LogP contribution < -0.4 is 5.32 Å². The zero-order valence-corrected chi connectivity index (χ0v) is 12.9. The zero-order valence-electron chi connectivity index (χ0n) is 12.1. The van der Waals surface area contributed by atoms with Gasteiger partial charge < -0.3 is 15.0 Å². The predicted octanol–water partition coefficient (Wildman–Crippen LogP) is 3.82. The van der Waals surface area contributed by atoms with Crippen LogP contribution >= 0.6 is 12.2 Å². The predicted molar refractivity (Wildman–Crippen MR) is 89.3 cm³/mol. The van der Waals surface area contributed by atoms with Gasteiger partial charge >= 0.3 is 0 Å². The van der Waals surface area contributed by atoms with Gasteiger partial charge in [-0.05, 0) is 38.2 Å². The van der Waals surface area contributed by atoms with E-state index < -0.39 is 0 Å². The van der Waals surface area contributed by atoms with Crippen molar-refractivity contribution in [2.75, 3.05) is 6.54 Å². The molecule has 1 aromatic heterocycles. The fraction of sp³-hybridized carbons (Fsp3) is 0.267. The Balaban J connectivity index is 2.45. The lowest BCUT2D eigenvalue weighted by Gasteiger charge is -2.01. The van der Waals surface area contributed by atoms with E-state index in [-0.39, 0.29) is 11.0 Å². The maximum Gasteiger partial charge on any atom is 0.220 e. The van der Waals surface area contributed by atoms with Crippen LogP contribution in [0.4, 0.5) is 5.69 Å². The van der Waals surface area contributed by atoms with Crippen LogP contribution in [0.25, 0.3) is 10.9 Å². The SMILES string of the molecule is C=CCNC(=S)N=Nc1c(O)n(CC)c2ccc(C)cc12. The van der Waals surface area contributed by atoms with Crippen molar-refractivity contribution in [1.82, 2.24) is 9.88 Å². The second-order valence-electron chi connectivity index (χ2n) is 4.61. The molecule has 0 aliphatic rings. The van der Waals surface area contributed by atoms with Crippen LogP contribution in [0.15, 0.2) is 41.1 Å². The number of fused-ring (bicyclic) bond motifs is 1. The molecule has 1 aromatic carbocycles. The first-order valence-electron chi connectivity index (χ1n) is 6.70. The smallest absolute Gasteiger partial charge is 0.220 e. The van der Waals surface area contributed by atoms with Crippen LogP contribution in [0.3, 0.4) is 0 Å². The van der Waals surface area contributed by atoms with E-state index in [4.69, 9.17) is 12.2 Å². The first kappa shape index (κ1) is 15.2. The lowest BCUT2D eigenvalue weighted by molar-refractivity contribution is 0.427. The van der Waals surface area contributed by atoms with Crippen molar-refractivity contribution in [3.63, 3.8) is 0 Å². The first-order chi connectivity index (χ1) is 10.1. The molecule has 0 radical (unpaired) electrons. The van der Waals surface area contributed by atoms with Crippen molar-refractivity contribution >= 4 is 33.9 Å². The molecule has 1 heterocycles. The number of thiocarbonyl (C=S) groups is 1. The third-order valence-electron chi connectivity index (χ3n) is 3.12. The van der Waals surface area contributed by atoms with E-state index in [0.717, 1.165) is 16.5 Å². The minimum Gasteiger partial charge on any atom is -0.493 e. The van der Waals surface area contributed by atoms with Crippen molar-refractivity contribution < 1.29 is 5.11 Å². The average molecular weight is 302 g/mol. The van der Waals surface area contributed by atoms with Gasteiger partial charge in [-0.25, -0.2) is 0 Å². The van der Waals surface area contributed by atoms with Crippen LogP contribution in [0, 0.1) is 6.92 Å². The Kier molecular flexibility index (Phi) is 4.70. The van der Waals surface area contributed by atoms with Gasteiger partial charge in [0.15, 0.2) is 5.69 Å². The van der Waals surface area contributed by atoms with Crippen molar-refractivity contribution in [2.45, 2.75) is 20.4 Å². The third kappa shape index (κ3) is 3.11. The highest BCUT2D eigenvalue weighted by molar-refractivity contribution is 7.80. The van der Waals surface area contributed by atoms with Crippen molar-refractivity contribution in [1.29, 1.82) is 0 Å². The Bertz CT molecular complexity index is 718. The molecule has 0 spiro atoms. The van der Waals surface area contributed by atoms with Crippen LogP contribution in [-0.4, -0.2) is 21.3 Å². The number of nitrogens with zero attached hydrogens (tertiary/aromatic N) is 3. The summed E-state index contributed by atoms with van der Waals surface area (Å²) in [7, 11) is 0. The van der Waals surface area contributed by atoms with Gasteiger partial charge in [-0.3, -0.25) is 0 Å². The zero-order chi connectivity index (χ0) is 15.4. The molecule has 0 saturated heterocycles. The molecular weight excluding hydrogens is 284 g/mol. The van der Waals surface area contributed by atoms with Gasteiger partial charge in [0.1, 0.15) is 0 Å². The number of rotatable bonds is 4. The van der Waals surface area contributed by atoms with E-state index >= 15 is 0 Å². The molecule has 0 fully saturated rings. The molecule has 0 aliphatic heterocycles. The van der Waals surface area contributed by atoms with E-state index in [9.17, 15) is 5.11 Å². The summed E-state index contributed by atoms with van der Waals surface area (Å²) in [6.07, 6.45) is 1.69.